The van der Waals surface area contributed by atoms with E-state index in [9.17, 15) is 0 Å². The van der Waals surface area contributed by atoms with E-state index >= 15 is 0 Å². The fraction of sp³-hybridized carbons (Fsp3) is 0.333. The van der Waals surface area contributed by atoms with Crippen LogP contribution in [0.25, 0.3) is 0 Å². The van der Waals surface area contributed by atoms with E-state index in [0.717, 1.165) is 0 Å². The maximum atomic E-state index is 4.70. The molecule has 52 valence electrons. The van der Waals surface area contributed by atoms with Crippen molar-refractivity contribution in [2.24, 2.45) is 0 Å². The van der Waals surface area contributed by atoms with Crippen molar-refractivity contribution in [1.29, 1.82) is 0 Å². The van der Waals surface area contributed by atoms with Gasteiger partial charge in [0.05, 0.1) is 14.2 Å². The summed E-state index contributed by atoms with van der Waals surface area (Å²) in [7, 11) is 3.08. The molecule has 0 aliphatic carbocycles. The van der Waals surface area contributed by atoms with Gasteiger partial charge in [-0.3, -0.25) is 0 Å². The van der Waals surface area contributed by atoms with Crippen LogP contribution in [0.5, 0.6) is 0 Å². The zero-order valence-electron chi connectivity index (χ0n) is 5.53. The molecule has 0 atom stereocenters. The molecule has 0 N–H and O–H groups in total. The molecule has 0 aromatic rings. The van der Waals surface area contributed by atoms with Crippen LogP contribution in [-0.4, -0.2) is 14.2 Å². The maximum Gasteiger partial charge on any atom is 0.125 e. The molecule has 0 radical (unpaired) electrons. The molecular weight excluding hydrogens is 120 g/mol. The van der Waals surface area contributed by atoms with Gasteiger partial charge in [0, 0.05) is 0 Å². The Hall–Kier alpha value is -1.12. The van der Waals surface area contributed by atoms with Gasteiger partial charge in [-0.05, 0) is 0 Å². The third-order valence-electron chi connectivity index (χ3n) is 0.540. The number of rotatable bonds is 4. The van der Waals surface area contributed by atoms with Gasteiger partial charge in [0.15, 0.2) is 0 Å². The molecule has 9 heavy (non-hydrogen) atoms. The van der Waals surface area contributed by atoms with Crippen LogP contribution in [0.1, 0.15) is 0 Å². The first-order valence-electron chi connectivity index (χ1n) is 2.43. The third kappa shape index (κ3) is 6.88. The maximum absolute atomic E-state index is 4.70. The second kappa shape index (κ2) is 6.88. The summed E-state index contributed by atoms with van der Waals surface area (Å²) in [5.74, 6) is 0. The molecule has 0 amide bonds. The van der Waals surface area contributed by atoms with Gasteiger partial charge in [-0.15, -0.1) is 0 Å². The van der Waals surface area contributed by atoms with E-state index in [2.05, 4.69) is 9.47 Å². The Balaban J connectivity index is 3.08. The molecule has 0 bridgehead atoms. The van der Waals surface area contributed by atoms with Crippen molar-refractivity contribution in [3.63, 3.8) is 0 Å². The van der Waals surface area contributed by atoms with Crippen molar-refractivity contribution in [3.8, 4) is 0 Å². The van der Waals surface area contributed by atoms with E-state index in [1.807, 2.05) is 0 Å². The highest BCUT2D eigenvalue weighted by Gasteiger charge is 1.65. The Morgan fingerprint density at radius 2 is 1.22 bits per heavy atom. The Bertz CT molecular complexity index is 84.5. The summed E-state index contributed by atoms with van der Waals surface area (Å²) in [5.41, 5.74) is 0. The minimum Gasteiger partial charge on any atom is -0.501 e. The predicted octanol–water partition coefficient (Wildman–Crippen LogP) is 1.24. The fourth-order valence-electron chi connectivity index (χ4n) is 0.221. The third-order valence-corrected chi connectivity index (χ3v) is 0.540. The fourth-order valence-corrected chi connectivity index (χ4v) is 0.221. The standard InChI is InChI=1S/C6H10O3/c1-7-3-5-9-6-4-8-2/h3-6H,1-2H3. The zero-order chi connectivity index (χ0) is 6.95. The van der Waals surface area contributed by atoms with Crippen molar-refractivity contribution >= 4 is 0 Å². The van der Waals surface area contributed by atoms with Gasteiger partial charge < -0.3 is 14.2 Å². The van der Waals surface area contributed by atoms with Crippen molar-refractivity contribution in [3.05, 3.63) is 25.0 Å². The SMILES string of the molecule is COC=COC=COC. The summed E-state index contributed by atoms with van der Waals surface area (Å²) in [6.45, 7) is 0. The molecule has 0 rings (SSSR count). The predicted molar refractivity (Wildman–Crippen MR) is 33.4 cm³/mol. The summed E-state index contributed by atoms with van der Waals surface area (Å²) >= 11 is 0. The summed E-state index contributed by atoms with van der Waals surface area (Å²) in [5, 5.41) is 0. The van der Waals surface area contributed by atoms with Gasteiger partial charge in [-0.1, -0.05) is 0 Å². The lowest BCUT2D eigenvalue weighted by Crippen LogP contribution is -1.69. The van der Waals surface area contributed by atoms with Gasteiger partial charge in [0.1, 0.15) is 25.0 Å². The van der Waals surface area contributed by atoms with Crippen LogP contribution in [0.3, 0.4) is 0 Å². The van der Waals surface area contributed by atoms with Crippen LogP contribution in [0.2, 0.25) is 0 Å². The van der Waals surface area contributed by atoms with Crippen LogP contribution in [-0.2, 0) is 14.2 Å². The highest BCUT2D eigenvalue weighted by Crippen LogP contribution is 1.79. The lowest BCUT2D eigenvalue weighted by molar-refractivity contribution is 0.286. The summed E-state index contributed by atoms with van der Waals surface area (Å²) in [6.07, 6.45) is 5.63. The first kappa shape index (κ1) is 7.88. The summed E-state index contributed by atoms with van der Waals surface area (Å²) in [6, 6.07) is 0. The van der Waals surface area contributed by atoms with Crippen molar-refractivity contribution in [2.45, 2.75) is 0 Å². The van der Waals surface area contributed by atoms with E-state index in [1.54, 1.807) is 14.2 Å². The molecule has 0 saturated carbocycles. The van der Waals surface area contributed by atoms with Crippen molar-refractivity contribution in [1.82, 2.24) is 0 Å². The Kier molecular flexibility index (Phi) is 6.02. The van der Waals surface area contributed by atoms with Gasteiger partial charge in [0.2, 0.25) is 0 Å². The largest absolute Gasteiger partial charge is 0.501 e. The number of hydrogen-bond acceptors (Lipinski definition) is 3. The van der Waals surface area contributed by atoms with E-state index in [-0.39, 0.29) is 0 Å². The molecular formula is C6H10O3. The molecule has 0 fully saturated rings. The van der Waals surface area contributed by atoms with E-state index in [4.69, 9.17) is 4.74 Å². The number of ether oxygens (including phenoxy) is 3. The first-order valence-corrected chi connectivity index (χ1v) is 2.43. The minimum atomic E-state index is 1.40. The monoisotopic (exact) mass is 130 g/mol. The molecule has 0 heterocycles. The molecule has 3 nitrogen and oxygen atoms in total. The molecule has 0 unspecified atom stereocenters. The summed E-state index contributed by atoms with van der Waals surface area (Å²) < 4.78 is 13.8. The molecule has 0 aromatic carbocycles. The van der Waals surface area contributed by atoms with Gasteiger partial charge in [-0.25, -0.2) is 0 Å². The Labute approximate surface area is 54.5 Å². The van der Waals surface area contributed by atoms with Crippen LogP contribution >= 0.6 is 0 Å². The normalized spacial score (nSPS) is 10.4. The van der Waals surface area contributed by atoms with Gasteiger partial charge >= 0.3 is 0 Å². The number of hydrogen-bond donors (Lipinski definition) is 0. The smallest absolute Gasteiger partial charge is 0.125 e. The van der Waals surface area contributed by atoms with Crippen LogP contribution in [0.4, 0.5) is 0 Å². The van der Waals surface area contributed by atoms with Gasteiger partial charge in [0.25, 0.3) is 0 Å². The highest BCUT2D eigenvalue weighted by atomic mass is 16.5. The van der Waals surface area contributed by atoms with E-state index in [0.29, 0.717) is 0 Å². The molecule has 0 spiro atoms. The van der Waals surface area contributed by atoms with E-state index in [1.165, 1.54) is 25.0 Å². The van der Waals surface area contributed by atoms with Crippen LogP contribution in [0, 0.1) is 0 Å². The topological polar surface area (TPSA) is 27.7 Å². The number of methoxy groups -OCH3 is 2. The highest BCUT2D eigenvalue weighted by molar-refractivity contribution is 4.68. The molecule has 0 aliphatic rings. The van der Waals surface area contributed by atoms with Crippen LogP contribution < -0.4 is 0 Å². The van der Waals surface area contributed by atoms with E-state index < -0.39 is 0 Å². The average molecular weight is 130 g/mol. The second-order valence-corrected chi connectivity index (χ2v) is 1.15. The quantitative estimate of drug-likeness (QED) is 0.536. The average Bonchev–Trinajstić information content (AvgIpc) is 1.89. The van der Waals surface area contributed by atoms with Crippen LogP contribution in [0.15, 0.2) is 25.0 Å². The van der Waals surface area contributed by atoms with Gasteiger partial charge in [-0.2, -0.15) is 0 Å². The molecule has 0 aliphatic heterocycles. The lowest BCUT2D eigenvalue weighted by Gasteiger charge is -1.88. The Morgan fingerprint density at radius 3 is 1.56 bits per heavy atom. The Morgan fingerprint density at radius 1 is 0.778 bits per heavy atom. The second-order valence-electron chi connectivity index (χ2n) is 1.15. The summed E-state index contributed by atoms with van der Waals surface area (Å²) in [4.78, 5) is 0. The zero-order valence-corrected chi connectivity index (χ0v) is 5.53. The lowest BCUT2D eigenvalue weighted by atomic mass is 11.0. The van der Waals surface area contributed by atoms with Crippen molar-refractivity contribution < 1.29 is 14.2 Å². The first-order chi connectivity index (χ1) is 4.41. The minimum absolute atomic E-state index is 1.40. The molecule has 3 heteroatoms. The molecule has 0 saturated heterocycles. The molecule has 0 aromatic heterocycles. The van der Waals surface area contributed by atoms with Crippen molar-refractivity contribution in [2.75, 3.05) is 14.2 Å².